The minimum Gasteiger partial charge on any atom is -0.494 e. The zero-order chi connectivity index (χ0) is 17.6. The van der Waals surface area contributed by atoms with Crippen molar-refractivity contribution in [1.82, 2.24) is 4.90 Å². The maximum absolute atomic E-state index is 12.5. The molecule has 1 atom stereocenters. The number of anilines is 1. The van der Waals surface area contributed by atoms with Gasteiger partial charge < -0.3 is 20.1 Å². The number of ether oxygens (including phenoxy) is 1. The fourth-order valence-corrected chi connectivity index (χ4v) is 3.95. The molecule has 0 aliphatic carbocycles. The van der Waals surface area contributed by atoms with Crippen molar-refractivity contribution in [3.8, 4) is 5.75 Å². The number of piperidine rings is 1. The minimum atomic E-state index is -0.423. The maximum atomic E-state index is 12.5. The van der Waals surface area contributed by atoms with Gasteiger partial charge in [0.25, 0.3) is 0 Å². The van der Waals surface area contributed by atoms with Crippen molar-refractivity contribution in [2.45, 2.75) is 25.9 Å². The van der Waals surface area contributed by atoms with E-state index in [1.54, 1.807) is 11.3 Å². The second kappa shape index (κ2) is 8.36. The van der Waals surface area contributed by atoms with Crippen LogP contribution in [0.3, 0.4) is 0 Å². The van der Waals surface area contributed by atoms with Crippen LogP contribution in [0.4, 0.5) is 10.5 Å². The van der Waals surface area contributed by atoms with Crippen molar-refractivity contribution < 1.29 is 14.6 Å². The van der Waals surface area contributed by atoms with Gasteiger partial charge in [-0.15, -0.1) is 11.3 Å². The summed E-state index contributed by atoms with van der Waals surface area (Å²) in [7, 11) is 0. The first kappa shape index (κ1) is 17.8. The molecule has 1 fully saturated rings. The average molecular weight is 360 g/mol. The van der Waals surface area contributed by atoms with E-state index in [1.165, 1.54) is 0 Å². The van der Waals surface area contributed by atoms with Crippen LogP contribution >= 0.6 is 11.3 Å². The summed E-state index contributed by atoms with van der Waals surface area (Å²) in [6.45, 7) is 3.84. The largest absolute Gasteiger partial charge is 0.494 e. The van der Waals surface area contributed by atoms with Gasteiger partial charge in [0.15, 0.2) is 0 Å². The van der Waals surface area contributed by atoms with Gasteiger partial charge in [0.1, 0.15) is 5.75 Å². The third-order valence-corrected chi connectivity index (χ3v) is 5.45. The van der Waals surface area contributed by atoms with Crippen LogP contribution in [0.5, 0.6) is 5.75 Å². The Bertz CT molecular complexity index is 682. The van der Waals surface area contributed by atoms with E-state index in [4.69, 9.17) is 4.74 Å². The fraction of sp³-hybridized carbons (Fsp3) is 0.421. The third kappa shape index (κ3) is 4.52. The number of hydrogen-bond acceptors (Lipinski definition) is 4. The van der Waals surface area contributed by atoms with Gasteiger partial charge in [-0.3, -0.25) is 0 Å². The van der Waals surface area contributed by atoms with Crippen molar-refractivity contribution in [1.29, 1.82) is 0 Å². The zero-order valence-corrected chi connectivity index (χ0v) is 15.2. The van der Waals surface area contributed by atoms with E-state index < -0.39 is 6.10 Å². The van der Waals surface area contributed by atoms with Gasteiger partial charge in [-0.2, -0.15) is 0 Å². The Balaban J connectivity index is 1.52. The molecule has 134 valence electrons. The Morgan fingerprint density at radius 3 is 2.84 bits per heavy atom. The number of aliphatic hydroxyl groups excluding tert-OH is 1. The smallest absolute Gasteiger partial charge is 0.321 e. The van der Waals surface area contributed by atoms with Crippen LogP contribution < -0.4 is 10.1 Å². The molecule has 5 nitrogen and oxygen atoms in total. The van der Waals surface area contributed by atoms with Gasteiger partial charge in [0, 0.05) is 29.7 Å². The summed E-state index contributed by atoms with van der Waals surface area (Å²) in [5.41, 5.74) is 0.733. The highest BCUT2D eigenvalue weighted by molar-refractivity contribution is 7.10. The van der Waals surface area contributed by atoms with Crippen molar-refractivity contribution in [2.75, 3.05) is 25.0 Å². The molecular weight excluding hydrogens is 336 g/mol. The molecule has 1 aromatic heterocycles. The molecule has 2 N–H and O–H groups in total. The number of rotatable bonds is 5. The predicted molar refractivity (Wildman–Crippen MR) is 100 cm³/mol. The van der Waals surface area contributed by atoms with Gasteiger partial charge in [-0.25, -0.2) is 4.79 Å². The molecular formula is C19H24N2O3S. The average Bonchev–Trinajstić information content (AvgIpc) is 3.16. The van der Waals surface area contributed by atoms with Crippen LogP contribution in [0.2, 0.25) is 0 Å². The first-order valence-electron chi connectivity index (χ1n) is 8.67. The Kier molecular flexibility index (Phi) is 5.94. The van der Waals surface area contributed by atoms with Crippen molar-refractivity contribution in [3.63, 3.8) is 0 Å². The fourth-order valence-electron chi connectivity index (χ4n) is 3.14. The van der Waals surface area contributed by atoms with Crippen molar-refractivity contribution >= 4 is 23.1 Å². The Morgan fingerprint density at radius 1 is 1.36 bits per heavy atom. The van der Waals surface area contributed by atoms with E-state index in [0.29, 0.717) is 19.7 Å². The van der Waals surface area contributed by atoms with Gasteiger partial charge in [0.2, 0.25) is 0 Å². The van der Waals surface area contributed by atoms with Crippen LogP contribution in [0.1, 0.15) is 30.7 Å². The zero-order valence-electron chi connectivity index (χ0n) is 14.4. The number of likely N-dealkylation sites (tertiary alicyclic amines) is 1. The molecule has 1 aliphatic heterocycles. The number of hydrogen-bond donors (Lipinski definition) is 2. The monoisotopic (exact) mass is 360 g/mol. The van der Waals surface area contributed by atoms with Crippen LogP contribution in [0, 0.1) is 5.92 Å². The lowest BCUT2D eigenvalue weighted by Gasteiger charge is -2.34. The molecule has 1 aliphatic rings. The van der Waals surface area contributed by atoms with Gasteiger partial charge in [0.05, 0.1) is 12.7 Å². The van der Waals surface area contributed by atoms with Crippen molar-refractivity contribution in [2.24, 2.45) is 5.92 Å². The Labute approximate surface area is 152 Å². The standard InChI is InChI=1S/C19H24N2O3S/c1-2-24-16-6-3-5-15(13-16)20-19(23)21-10-8-14(9-11-21)18(22)17-7-4-12-25-17/h3-7,12-14,18,22H,2,8-11H2,1H3,(H,20,23)/t18-/m0/s1. The number of amides is 2. The van der Waals surface area contributed by atoms with Crippen LogP contribution in [-0.4, -0.2) is 35.7 Å². The van der Waals surface area contributed by atoms with E-state index in [-0.39, 0.29) is 11.9 Å². The number of carbonyl (C=O) groups is 1. The van der Waals surface area contributed by atoms with E-state index in [1.807, 2.05) is 53.6 Å². The second-order valence-electron chi connectivity index (χ2n) is 6.18. The predicted octanol–water partition coefficient (Wildman–Crippen LogP) is 4.12. The second-order valence-corrected chi connectivity index (χ2v) is 7.16. The third-order valence-electron chi connectivity index (χ3n) is 4.50. The number of nitrogens with zero attached hydrogens (tertiary/aromatic N) is 1. The Morgan fingerprint density at radius 2 is 2.16 bits per heavy atom. The lowest BCUT2D eigenvalue weighted by Crippen LogP contribution is -2.42. The van der Waals surface area contributed by atoms with E-state index in [9.17, 15) is 9.90 Å². The van der Waals surface area contributed by atoms with Gasteiger partial charge in [-0.05, 0) is 49.3 Å². The van der Waals surface area contributed by atoms with E-state index in [0.717, 1.165) is 29.2 Å². The van der Waals surface area contributed by atoms with E-state index >= 15 is 0 Å². The van der Waals surface area contributed by atoms with Crippen molar-refractivity contribution in [3.05, 3.63) is 46.7 Å². The molecule has 6 heteroatoms. The summed E-state index contributed by atoms with van der Waals surface area (Å²) in [5.74, 6) is 0.960. The molecule has 2 amide bonds. The topological polar surface area (TPSA) is 61.8 Å². The molecule has 2 aromatic rings. The molecule has 0 unspecified atom stereocenters. The number of nitrogens with one attached hydrogen (secondary N) is 1. The lowest BCUT2D eigenvalue weighted by molar-refractivity contribution is 0.0708. The summed E-state index contributed by atoms with van der Waals surface area (Å²) in [5, 5.41) is 15.4. The molecule has 3 rings (SSSR count). The van der Waals surface area contributed by atoms with Gasteiger partial charge in [-0.1, -0.05) is 12.1 Å². The van der Waals surface area contributed by atoms with E-state index in [2.05, 4.69) is 5.32 Å². The number of benzene rings is 1. The number of aliphatic hydroxyl groups is 1. The first-order chi connectivity index (χ1) is 12.2. The summed E-state index contributed by atoms with van der Waals surface area (Å²) in [6.07, 6.45) is 1.20. The number of urea groups is 1. The highest BCUT2D eigenvalue weighted by atomic mass is 32.1. The highest BCUT2D eigenvalue weighted by Crippen LogP contribution is 2.33. The summed E-state index contributed by atoms with van der Waals surface area (Å²) in [6, 6.07) is 11.3. The lowest BCUT2D eigenvalue weighted by atomic mass is 9.90. The molecule has 25 heavy (non-hydrogen) atoms. The molecule has 1 saturated heterocycles. The Hall–Kier alpha value is -2.05. The normalized spacial score (nSPS) is 16.5. The van der Waals surface area contributed by atoms with Crippen LogP contribution in [0.25, 0.3) is 0 Å². The SMILES string of the molecule is CCOc1cccc(NC(=O)N2CCC([C@H](O)c3cccs3)CC2)c1. The molecule has 1 aromatic carbocycles. The molecule has 0 saturated carbocycles. The molecule has 0 radical (unpaired) electrons. The summed E-state index contributed by atoms with van der Waals surface area (Å²) >= 11 is 1.58. The van der Waals surface area contributed by atoms with Crippen LogP contribution in [0.15, 0.2) is 41.8 Å². The minimum absolute atomic E-state index is 0.0993. The highest BCUT2D eigenvalue weighted by Gasteiger charge is 2.28. The quantitative estimate of drug-likeness (QED) is 0.843. The summed E-state index contributed by atoms with van der Waals surface area (Å²) < 4.78 is 5.46. The van der Waals surface area contributed by atoms with Gasteiger partial charge >= 0.3 is 6.03 Å². The number of thiophene rings is 1. The number of carbonyl (C=O) groups excluding carboxylic acids is 1. The molecule has 2 heterocycles. The summed E-state index contributed by atoms with van der Waals surface area (Å²) in [4.78, 5) is 15.3. The molecule has 0 bridgehead atoms. The molecule has 0 spiro atoms. The van der Waals surface area contributed by atoms with Crippen LogP contribution in [-0.2, 0) is 0 Å². The maximum Gasteiger partial charge on any atom is 0.321 e. The first-order valence-corrected chi connectivity index (χ1v) is 9.55.